The predicted molar refractivity (Wildman–Crippen MR) is 95.9 cm³/mol. The molecule has 0 saturated carbocycles. The van der Waals surface area contributed by atoms with Gasteiger partial charge in [-0.25, -0.2) is 0 Å². The Kier molecular flexibility index (Phi) is 5.18. The number of likely N-dealkylation sites (N-methyl/N-ethyl adjacent to an activating group) is 1. The molecule has 0 aliphatic rings. The number of rotatable bonds is 5. The van der Waals surface area contributed by atoms with Gasteiger partial charge in [0, 0.05) is 40.1 Å². The zero-order valence-corrected chi connectivity index (χ0v) is 14.7. The molecule has 2 N–H and O–H groups in total. The third-order valence-electron chi connectivity index (χ3n) is 3.34. The van der Waals surface area contributed by atoms with Crippen LogP contribution in [0.3, 0.4) is 0 Å². The van der Waals surface area contributed by atoms with Gasteiger partial charge in [-0.3, -0.25) is 0 Å². The topological polar surface area (TPSA) is 29.3 Å². The summed E-state index contributed by atoms with van der Waals surface area (Å²) >= 11 is 10.5. The summed E-state index contributed by atoms with van der Waals surface area (Å²) in [6.07, 6.45) is 1.01. The van der Waals surface area contributed by atoms with Crippen molar-refractivity contribution in [1.82, 2.24) is 0 Å². The van der Waals surface area contributed by atoms with Crippen LogP contribution in [0.15, 0.2) is 40.2 Å². The van der Waals surface area contributed by atoms with Gasteiger partial charge in [0.1, 0.15) is 4.99 Å². The van der Waals surface area contributed by atoms with E-state index in [1.165, 1.54) is 4.88 Å². The molecule has 0 amide bonds. The molecule has 106 valence electrons. The van der Waals surface area contributed by atoms with Gasteiger partial charge in [0.25, 0.3) is 0 Å². The molecule has 0 aliphatic carbocycles. The van der Waals surface area contributed by atoms with E-state index in [9.17, 15) is 0 Å². The quantitative estimate of drug-likeness (QED) is 0.801. The molecular weight excluding hydrogens is 352 g/mol. The molecule has 0 radical (unpaired) electrons. The van der Waals surface area contributed by atoms with Crippen molar-refractivity contribution in [2.45, 2.75) is 19.4 Å². The smallest absolute Gasteiger partial charge is 0.106 e. The molecule has 1 aromatic heterocycles. The second kappa shape index (κ2) is 6.70. The maximum absolute atomic E-state index is 5.83. The average molecular weight is 369 g/mol. The third kappa shape index (κ3) is 3.59. The minimum Gasteiger partial charge on any atom is -0.389 e. The molecule has 0 aliphatic heterocycles. The van der Waals surface area contributed by atoms with E-state index in [-0.39, 0.29) is 0 Å². The molecule has 0 fully saturated rings. The van der Waals surface area contributed by atoms with Crippen LogP contribution in [-0.2, 0) is 6.42 Å². The highest BCUT2D eigenvalue weighted by Crippen LogP contribution is 2.27. The number of halogens is 1. The Labute approximate surface area is 137 Å². The van der Waals surface area contributed by atoms with Crippen molar-refractivity contribution in [3.8, 4) is 0 Å². The monoisotopic (exact) mass is 368 g/mol. The first-order valence-electron chi connectivity index (χ1n) is 6.33. The van der Waals surface area contributed by atoms with Crippen LogP contribution in [0.25, 0.3) is 0 Å². The van der Waals surface area contributed by atoms with Crippen molar-refractivity contribution in [1.29, 1.82) is 0 Å². The predicted octanol–water partition coefficient (Wildman–Crippen LogP) is 4.21. The molecule has 5 heteroatoms. The second-order valence-electron chi connectivity index (χ2n) is 4.77. The average Bonchev–Trinajstić information content (AvgIpc) is 2.90. The number of nitrogens with zero attached hydrogens (tertiary/aromatic N) is 1. The Morgan fingerprint density at radius 3 is 2.80 bits per heavy atom. The molecular formula is C15H17BrN2S2. The van der Waals surface area contributed by atoms with Crippen LogP contribution in [0, 0.1) is 0 Å². The third-order valence-corrected chi connectivity index (χ3v) is 4.95. The minimum absolute atomic E-state index is 0.371. The summed E-state index contributed by atoms with van der Waals surface area (Å²) < 4.78 is 1.03. The van der Waals surface area contributed by atoms with Crippen LogP contribution >= 0.6 is 39.5 Å². The number of benzene rings is 1. The normalized spacial score (nSPS) is 12.2. The van der Waals surface area contributed by atoms with Gasteiger partial charge in [-0.05, 0) is 36.6 Å². The Hall–Kier alpha value is -0.910. The number of thiophene rings is 1. The molecule has 1 aromatic carbocycles. The summed E-state index contributed by atoms with van der Waals surface area (Å²) in [6.45, 7) is 2.21. The summed E-state index contributed by atoms with van der Waals surface area (Å²) in [5.41, 5.74) is 7.82. The first kappa shape index (κ1) is 15.5. The lowest BCUT2D eigenvalue weighted by Crippen LogP contribution is -2.32. The van der Waals surface area contributed by atoms with E-state index < -0.39 is 0 Å². The van der Waals surface area contributed by atoms with Crippen molar-refractivity contribution in [3.63, 3.8) is 0 Å². The van der Waals surface area contributed by atoms with Gasteiger partial charge in [-0.1, -0.05) is 34.2 Å². The number of nitrogens with two attached hydrogens (primary N) is 1. The standard InChI is InChI=1S/C15H17BrN2S2/c1-10(8-12-4-3-7-20-12)18(2)14-9-11(16)5-6-13(14)15(17)19/h3-7,9-10H,8H2,1-2H3,(H2,17,19). The van der Waals surface area contributed by atoms with E-state index in [1.807, 2.05) is 12.1 Å². The minimum atomic E-state index is 0.371. The van der Waals surface area contributed by atoms with Crippen LogP contribution < -0.4 is 10.6 Å². The van der Waals surface area contributed by atoms with E-state index in [2.05, 4.69) is 58.4 Å². The van der Waals surface area contributed by atoms with Gasteiger partial charge in [0.2, 0.25) is 0 Å². The fourth-order valence-corrected chi connectivity index (χ4v) is 3.45. The molecule has 1 unspecified atom stereocenters. The maximum atomic E-state index is 5.83. The molecule has 20 heavy (non-hydrogen) atoms. The lowest BCUT2D eigenvalue weighted by molar-refractivity contribution is 0.688. The van der Waals surface area contributed by atoms with E-state index in [1.54, 1.807) is 11.3 Å². The molecule has 0 bridgehead atoms. The van der Waals surface area contributed by atoms with E-state index >= 15 is 0 Å². The van der Waals surface area contributed by atoms with Crippen molar-refractivity contribution in [3.05, 3.63) is 50.6 Å². The SMILES string of the molecule is CC(Cc1cccs1)N(C)c1cc(Br)ccc1C(N)=S. The highest BCUT2D eigenvalue weighted by molar-refractivity contribution is 9.10. The van der Waals surface area contributed by atoms with Gasteiger partial charge in [-0.15, -0.1) is 11.3 Å². The lowest BCUT2D eigenvalue weighted by Gasteiger charge is -2.29. The number of thiocarbonyl (C=S) groups is 1. The summed E-state index contributed by atoms with van der Waals surface area (Å²) in [4.78, 5) is 4.05. The highest BCUT2D eigenvalue weighted by Gasteiger charge is 2.16. The number of anilines is 1. The van der Waals surface area contributed by atoms with Crippen LogP contribution in [0.5, 0.6) is 0 Å². The maximum Gasteiger partial charge on any atom is 0.106 e. The van der Waals surface area contributed by atoms with Gasteiger partial charge in [0.15, 0.2) is 0 Å². The molecule has 2 rings (SSSR count). The molecule has 2 nitrogen and oxygen atoms in total. The lowest BCUT2D eigenvalue weighted by atomic mass is 10.1. The van der Waals surface area contributed by atoms with Crippen LogP contribution in [0.4, 0.5) is 5.69 Å². The van der Waals surface area contributed by atoms with Gasteiger partial charge >= 0.3 is 0 Å². The van der Waals surface area contributed by atoms with Crippen molar-refractivity contribution in [2.75, 3.05) is 11.9 Å². The first-order valence-corrected chi connectivity index (χ1v) is 8.41. The van der Waals surface area contributed by atoms with E-state index in [0.717, 1.165) is 22.1 Å². The highest BCUT2D eigenvalue weighted by atomic mass is 79.9. The Morgan fingerprint density at radius 2 is 2.20 bits per heavy atom. The molecule has 0 spiro atoms. The van der Waals surface area contributed by atoms with Crippen LogP contribution in [0.1, 0.15) is 17.4 Å². The van der Waals surface area contributed by atoms with Crippen molar-refractivity contribution >= 4 is 50.2 Å². The van der Waals surface area contributed by atoms with Crippen molar-refractivity contribution in [2.24, 2.45) is 5.73 Å². The summed E-state index contributed by atoms with van der Waals surface area (Å²) in [5, 5.41) is 2.11. The fourth-order valence-electron chi connectivity index (χ4n) is 2.10. The zero-order chi connectivity index (χ0) is 14.7. The second-order valence-corrected chi connectivity index (χ2v) is 7.16. The van der Waals surface area contributed by atoms with Gasteiger partial charge < -0.3 is 10.6 Å². The molecule has 1 heterocycles. The zero-order valence-electron chi connectivity index (χ0n) is 11.5. The molecule has 2 aromatic rings. The Balaban J connectivity index is 2.25. The van der Waals surface area contributed by atoms with E-state index in [0.29, 0.717) is 11.0 Å². The molecule has 0 saturated heterocycles. The van der Waals surface area contributed by atoms with E-state index in [4.69, 9.17) is 18.0 Å². The first-order chi connectivity index (χ1) is 9.49. The van der Waals surface area contributed by atoms with Gasteiger partial charge in [-0.2, -0.15) is 0 Å². The molecule has 1 atom stereocenters. The Morgan fingerprint density at radius 1 is 1.45 bits per heavy atom. The Bertz CT molecular complexity index is 596. The van der Waals surface area contributed by atoms with Crippen molar-refractivity contribution < 1.29 is 0 Å². The summed E-state index contributed by atoms with van der Waals surface area (Å²) in [7, 11) is 2.09. The summed E-state index contributed by atoms with van der Waals surface area (Å²) in [6, 6.07) is 10.6. The van der Waals surface area contributed by atoms with Crippen LogP contribution in [0.2, 0.25) is 0 Å². The fraction of sp³-hybridized carbons (Fsp3) is 0.267. The van der Waals surface area contributed by atoms with Gasteiger partial charge in [0.05, 0.1) is 0 Å². The number of hydrogen-bond acceptors (Lipinski definition) is 3. The largest absolute Gasteiger partial charge is 0.389 e. The summed E-state index contributed by atoms with van der Waals surface area (Å²) in [5.74, 6) is 0. The van der Waals surface area contributed by atoms with Crippen LogP contribution in [-0.4, -0.2) is 18.1 Å². The number of hydrogen-bond donors (Lipinski definition) is 1.